The highest BCUT2D eigenvalue weighted by Gasteiger charge is 2.17. The van der Waals surface area contributed by atoms with Gasteiger partial charge in [0.25, 0.3) is 5.69 Å². The fraction of sp³-hybridized carbons (Fsp3) is 0.214. The predicted molar refractivity (Wildman–Crippen MR) is 87.4 cm³/mol. The van der Waals surface area contributed by atoms with Gasteiger partial charge in [0.05, 0.1) is 20.1 Å². The van der Waals surface area contributed by atoms with Gasteiger partial charge in [-0.3, -0.25) is 10.1 Å². The van der Waals surface area contributed by atoms with Crippen LogP contribution in [-0.4, -0.2) is 9.91 Å². The molecule has 108 valence electrons. The van der Waals surface area contributed by atoms with E-state index in [1.807, 2.05) is 13.8 Å². The minimum absolute atomic E-state index is 0.0963. The maximum atomic E-state index is 11.3. The zero-order valence-electron chi connectivity index (χ0n) is 11.5. The molecule has 0 radical (unpaired) electrons. The maximum absolute atomic E-state index is 11.3. The number of aromatic nitrogens is 1. The lowest BCUT2D eigenvalue weighted by atomic mass is 10.2. The van der Waals surface area contributed by atoms with Crippen molar-refractivity contribution in [2.45, 2.75) is 20.4 Å². The van der Waals surface area contributed by atoms with Crippen molar-refractivity contribution in [3.8, 4) is 0 Å². The van der Waals surface area contributed by atoms with Gasteiger partial charge in [0.1, 0.15) is 5.69 Å². The third-order valence-electron chi connectivity index (χ3n) is 3.24. The van der Waals surface area contributed by atoms with E-state index in [1.54, 1.807) is 23.5 Å². The van der Waals surface area contributed by atoms with Gasteiger partial charge < -0.3 is 5.32 Å². The largest absolute Gasteiger partial charge is 0.375 e. The van der Waals surface area contributed by atoms with Crippen LogP contribution in [0.5, 0.6) is 0 Å². The summed E-state index contributed by atoms with van der Waals surface area (Å²) in [7, 11) is 0. The molecule has 0 saturated carbocycles. The quantitative estimate of drug-likeness (QED) is 0.568. The van der Waals surface area contributed by atoms with Crippen LogP contribution >= 0.6 is 22.7 Å². The molecule has 0 aliphatic heterocycles. The fourth-order valence-electron chi connectivity index (χ4n) is 2.13. The molecule has 0 saturated heterocycles. The van der Waals surface area contributed by atoms with Gasteiger partial charge in [-0.15, -0.1) is 11.3 Å². The summed E-state index contributed by atoms with van der Waals surface area (Å²) in [6.07, 6.45) is 0. The molecule has 0 unspecified atom stereocenters. The zero-order chi connectivity index (χ0) is 15.0. The first-order valence-corrected chi connectivity index (χ1v) is 8.11. The summed E-state index contributed by atoms with van der Waals surface area (Å²) in [5, 5.41) is 19.5. The molecule has 3 rings (SSSR count). The fourth-order valence-corrected chi connectivity index (χ4v) is 3.83. The molecule has 0 aliphatic carbocycles. The Morgan fingerprint density at radius 2 is 2.14 bits per heavy atom. The second-order valence-electron chi connectivity index (χ2n) is 4.76. The van der Waals surface area contributed by atoms with E-state index < -0.39 is 0 Å². The number of hydrogen-bond donors (Lipinski definition) is 1. The van der Waals surface area contributed by atoms with E-state index in [1.165, 1.54) is 16.9 Å². The summed E-state index contributed by atoms with van der Waals surface area (Å²) in [5.41, 5.74) is 3.76. The Labute approximate surface area is 129 Å². The van der Waals surface area contributed by atoms with Gasteiger partial charge in [-0.2, -0.15) is 11.3 Å². The monoisotopic (exact) mass is 319 g/mol. The van der Waals surface area contributed by atoms with Crippen LogP contribution in [-0.2, 0) is 6.54 Å². The van der Waals surface area contributed by atoms with Gasteiger partial charge in [-0.25, -0.2) is 4.98 Å². The van der Waals surface area contributed by atoms with Crippen LogP contribution in [0.2, 0.25) is 0 Å². The predicted octanol–water partition coefficient (Wildman–Crippen LogP) is 4.49. The molecule has 0 aliphatic rings. The van der Waals surface area contributed by atoms with Crippen molar-refractivity contribution in [3.63, 3.8) is 0 Å². The van der Waals surface area contributed by atoms with Crippen LogP contribution in [0.1, 0.15) is 16.1 Å². The molecule has 0 fully saturated rings. The lowest BCUT2D eigenvalue weighted by Gasteiger charge is -2.07. The van der Waals surface area contributed by atoms with Gasteiger partial charge in [-0.05, 0) is 41.8 Å². The zero-order valence-corrected chi connectivity index (χ0v) is 13.2. The SMILES string of the molecule is Cc1nc2cc(NCc3cscc3C)c([N+](=O)[O-])cc2s1. The maximum Gasteiger partial charge on any atom is 0.293 e. The second-order valence-corrected chi connectivity index (χ2v) is 6.74. The Morgan fingerprint density at radius 1 is 1.33 bits per heavy atom. The van der Waals surface area contributed by atoms with Crippen molar-refractivity contribution in [1.82, 2.24) is 4.98 Å². The highest BCUT2D eigenvalue weighted by Crippen LogP contribution is 2.33. The molecule has 0 atom stereocenters. The highest BCUT2D eigenvalue weighted by molar-refractivity contribution is 7.18. The van der Waals surface area contributed by atoms with Gasteiger partial charge in [-0.1, -0.05) is 0 Å². The van der Waals surface area contributed by atoms with E-state index in [4.69, 9.17) is 0 Å². The van der Waals surface area contributed by atoms with Crippen LogP contribution in [0.15, 0.2) is 22.9 Å². The smallest absolute Gasteiger partial charge is 0.293 e. The highest BCUT2D eigenvalue weighted by atomic mass is 32.1. The molecule has 3 aromatic rings. The first-order chi connectivity index (χ1) is 10.0. The van der Waals surface area contributed by atoms with Crippen LogP contribution in [0, 0.1) is 24.0 Å². The third-order valence-corrected chi connectivity index (χ3v) is 5.08. The Hall–Kier alpha value is -1.99. The van der Waals surface area contributed by atoms with Crippen molar-refractivity contribution in [3.05, 3.63) is 49.1 Å². The number of thiophene rings is 1. The first kappa shape index (κ1) is 14.0. The number of thiazole rings is 1. The number of hydrogen-bond acceptors (Lipinski definition) is 6. The number of nitrogens with zero attached hydrogens (tertiary/aromatic N) is 2. The summed E-state index contributed by atoms with van der Waals surface area (Å²) < 4.78 is 0.844. The summed E-state index contributed by atoms with van der Waals surface area (Å²) >= 11 is 3.10. The molecule has 0 spiro atoms. The molecule has 7 heteroatoms. The second kappa shape index (κ2) is 5.42. The summed E-state index contributed by atoms with van der Waals surface area (Å²) in [4.78, 5) is 15.3. The van der Waals surface area contributed by atoms with Crippen LogP contribution in [0.3, 0.4) is 0 Å². The normalized spacial score (nSPS) is 11.0. The number of nitro benzene ring substituents is 1. The number of aryl methyl sites for hydroxylation is 2. The Morgan fingerprint density at radius 3 is 2.81 bits per heavy atom. The number of benzene rings is 1. The molecule has 2 aromatic heterocycles. The number of fused-ring (bicyclic) bond motifs is 1. The topological polar surface area (TPSA) is 68.1 Å². The molecule has 0 bridgehead atoms. The van der Waals surface area contributed by atoms with Crippen LogP contribution < -0.4 is 5.32 Å². The number of nitro groups is 1. The molecular weight excluding hydrogens is 306 g/mol. The van der Waals surface area contributed by atoms with Crippen molar-refractivity contribution in [1.29, 1.82) is 0 Å². The summed E-state index contributed by atoms with van der Waals surface area (Å²) in [6, 6.07) is 3.36. The number of anilines is 1. The average molecular weight is 319 g/mol. The van der Waals surface area contributed by atoms with E-state index in [0.29, 0.717) is 12.2 Å². The van der Waals surface area contributed by atoms with Crippen LogP contribution in [0.25, 0.3) is 10.2 Å². The van der Waals surface area contributed by atoms with Crippen molar-refractivity contribution < 1.29 is 4.92 Å². The molecule has 5 nitrogen and oxygen atoms in total. The Balaban J connectivity index is 1.97. The molecule has 1 aromatic carbocycles. The van der Waals surface area contributed by atoms with Crippen molar-refractivity contribution >= 4 is 44.3 Å². The van der Waals surface area contributed by atoms with Crippen molar-refractivity contribution in [2.24, 2.45) is 0 Å². The first-order valence-electron chi connectivity index (χ1n) is 6.35. The molecule has 0 amide bonds. The summed E-state index contributed by atoms with van der Waals surface area (Å²) in [5.74, 6) is 0. The lowest BCUT2D eigenvalue weighted by molar-refractivity contribution is -0.383. The van der Waals surface area contributed by atoms with E-state index in [-0.39, 0.29) is 10.6 Å². The third kappa shape index (κ3) is 2.74. The van der Waals surface area contributed by atoms with E-state index in [9.17, 15) is 10.1 Å². The van der Waals surface area contributed by atoms with E-state index in [2.05, 4.69) is 21.1 Å². The summed E-state index contributed by atoms with van der Waals surface area (Å²) in [6.45, 7) is 4.51. The standard InChI is InChI=1S/C14H13N3O2S2/c1-8-6-20-7-10(8)5-15-11-3-12-14(21-9(2)16-12)4-13(11)17(18)19/h3-4,6-7,15H,5H2,1-2H3. The Bertz CT molecular complexity index is 823. The lowest BCUT2D eigenvalue weighted by Crippen LogP contribution is -2.02. The number of nitrogens with one attached hydrogen (secondary N) is 1. The van der Waals surface area contributed by atoms with Gasteiger partial charge in [0.15, 0.2) is 0 Å². The molecule has 1 N–H and O–H groups in total. The van der Waals surface area contributed by atoms with E-state index >= 15 is 0 Å². The van der Waals surface area contributed by atoms with Crippen LogP contribution in [0.4, 0.5) is 11.4 Å². The number of rotatable bonds is 4. The van der Waals surface area contributed by atoms with Gasteiger partial charge in [0, 0.05) is 12.6 Å². The molecule has 21 heavy (non-hydrogen) atoms. The minimum Gasteiger partial charge on any atom is -0.375 e. The Kier molecular flexibility index (Phi) is 3.60. The minimum atomic E-state index is -0.350. The van der Waals surface area contributed by atoms with Gasteiger partial charge >= 0.3 is 0 Å². The van der Waals surface area contributed by atoms with E-state index in [0.717, 1.165) is 20.8 Å². The average Bonchev–Trinajstić information content (AvgIpc) is 2.99. The van der Waals surface area contributed by atoms with Crippen molar-refractivity contribution in [2.75, 3.05) is 5.32 Å². The van der Waals surface area contributed by atoms with Gasteiger partial charge in [0.2, 0.25) is 0 Å². The molecular formula is C14H13N3O2S2. The molecule has 2 heterocycles.